The number of sulfonamides is 1. The fourth-order valence-corrected chi connectivity index (χ4v) is 6.30. The van der Waals surface area contributed by atoms with E-state index >= 15 is 0 Å². The van der Waals surface area contributed by atoms with Gasteiger partial charge in [-0.3, -0.25) is 21.1 Å². The summed E-state index contributed by atoms with van der Waals surface area (Å²) in [5.41, 5.74) is 8.33. The Labute approximate surface area is 165 Å². The molecule has 0 aromatic rings. The van der Waals surface area contributed by atoms with Crippen molar-refractivity contribution in [2.75, 3.05) is 18.8 Å². The average molecular weight is 425 g/mol. The molecule has 27 heavy (non-hydrogen) atoms. The maximum atomic E-state index is 14.5. The average Bonchev–Trinajstić information content (AvgIpc) is 3.17. The number of rotatable bonds is 6. The molecule has 1 aliphatic heterocycles. The number of carbonyl (C=O) groups excluding carboxylic acids is 1. The van der Waals surface area contributed by atoms with Crippen LogP contribution >= 0.6 is 11.6 Å². The zero-order chi connectivity index (χ0) is 19.4. The highest BCUT2D eigenvalue weighted by Gasteiger charge is 2.44. The van der Waals surface area contributed by atoms with E-state index < -0.39 is 33.4 Å². The van der Waals surface area contributed by atoms with Crippen molar-refractivity contribution in [2.24, 2.45) is 23.7 Å². The summed E-state index contributed by atoms with van der Waals surface area (Å²) in [4.78, 5) is 14.6. The van der Waals surface area contributed by atoms with Gasteiger partial charge in [-0.15, -0.1) is 16.4 Å². The van der Waals surface area contributed by atoms with E-state index in [1.165, 1.54) is 0 Å². The molecule has 156 valence electrons. The first-order valence-corrected chi connectivity index (χ1v) is 12.0. The fourth-order valence-electron chi connectivity index (χ4n) is 4.60. The number of nitrogens with one attached hydrogen (secondary N) is 4. The molecule has 4 unspecified atom stereocenters. The van der Waals surface area contributed by atoms with Gasteiger partial charge in [0.1, 0.15) is 6.17 Å². The van der Waals surface area contributed by atoms with E-state index in [1.807, 2.05) is 0 Å². The van der Waals surface area contributed by atoms with E-state index in [-0.39, 0.29) is 23.5 Å². The zero-order valence-corrected chi connectivity index (χ0v) is 17.0. The highest BCUT2D eigenvalue weighted by atomic mass is 35.5. The first kappa shape index (κ1) is 21.2. The summed E-state index contributed by atoms with van der Waals surface area (Å²) in [5, 5.41) is -0.737. The highest BCUT2D eigenvalue weighted by Crippen LogP contribution is 2.38. The summed E-state index contributed by atoms with van der Waals surface area (Å²) in [6.07, 6.45) is 4.43. The summed E-state index contributed by atoms with van der Waals surface area (Å²) < 4.78 is 39.0. The van der Waals surface area contributed by atoms with Crippen LogP contribution in [-0.4, -0.2) is 44.7 Å². The zero-order valence-electron chi connectivity index (χ0n) is 15.4. The van der Waals surface area contributed by atoms with Gasteiger partial charge in [0.25, 0.3) is 0 Å². The van der Waals surface area contributed by atoms with Crippen molar-refractivity contribution in [3.8, 4) is 0 Å². The Morgan fingerprint density at radius 3 is 2.41 bits per heavy atom. The Bertz CT molecular complexity index is 611. The normalized spacial score (nSPS) is 33.9. The Balaban J connectivity index is 1.53. The van der Waals surface area contributed by atoms with Crippen LogP contribution in [0.15, 0.2) is 0 Å². The molecule has 0 aromatic heterocycles. The molecule has 0 radical (unpaired) electrons. The lowest BCUT2D eigenvalue weighted by molar-refractivity contribution is -0.129. The van der Waals surface area contributed by atoms with Crippen LogP contribution in [0.25, 0.3) is 0 Å². The predicted molar refractivity (Wildman–Crippen MR) is 102 cm³/mol. The predicted octanol–water partition coefficient (Wildman–Crippen LogP) is 1.21. The van der Waals surface area contributed by atoms with Crippen LogP contribution in [0.3, 0.4) is 0 Å². The Morgan fingerprint density at radius 1 is 1.07 bits per heavy atom. The lowest BCUT2D eigenvalue weighted by Gasteiger charge is -2.36. The van der Waals surface area contributed by atoms with Gasteiger partial charge in [-0.2, -0.15) is 0 Å². The minimum absolute atomic E-state index is 0.00281. The topological polar surface area (TPSA) is 99.3 Å². The van der Waals surface area contributed by atoms with E-state index in [9.17, 15) is 17.6 Å². The number of hydrogen-bond acceptors (Lipinski definition) is 5. The van der Waals surface area contributed by atoms with Crippen molar-refractivity contribution < 1.29 is 17.6 Å². The van der Waals surface area contributed by atoms with E-state index in [0.717, 1.165) is 45.2 Å². The van der Waals surface area contributed by atoms with Crippen LogP contribution in [0.4, 0.5) is 4.39 Å². The molecule has 10 heteroatoms. The molecular formula is C17H30ClFN4O3S. The Kier molecular flexibility index (Phi) is 7.35. The van der Waals surface area contributed by atoms with Crippen LogP contribution in [0.1, 0.15) is 44.9 Å². The smallest absolute Gasteiger partial charge is 0.241 e. The van der Waals surface area contributed by atoms with Crippen molar-refractivity contribution in [1.29, 1.82) is 0 Å². The van der Waals surface area contributed by atoms with Crippen molar-refractivity contribution in [3.05, 3.63) is 0 Å². The molecule has 7 nitrogen and oxygen atoms in total. The summed E-state index contributed by atoms with van der Waals surface area (Å²) in [5.74, 6) is -1.05. The Morgan fingerprint density at radius 2 is 1.74 bits per heavy atom. The van der Waals surface area contributed by atoms with Crippen LogP contribution in [-0.2, 0) is 14.8 Å². The molecule has 0 bridgehead atoms. The quantitative estimate of drug-likeness (QED) is 0.379. The SMILES string of the molecule is O=C(NNS(=O)(=O)CC1CCCCC1)C1CC(C2CNNC2)CC(Cl)C1F. The maximum Gasteiger partial charge on any atom is 0.241 e. The first-order chi connectivity index (χ1) is 12.9. The molecule has 1 heterocycles. The minimum Gasteiger partial charge on any atom is -0.278 e. The number of carbonyl (C=O) groups is 1. The largest absolute Gasteiger partial charge is 0.278 e. The van der Waals surface area contributed by atoms with Gasteiger partial charge in [0.05, 0.1) is 17.0 Å². The third-order valence-electron chi connectivity index (χ3n) is 6.18. The minimum atomic E-state index is -3.63. The molecule has 3 aliphatic rings. The summed E-state index contributed by atoms with van der Waals surface area (Å²) in [6.45, 7) is 1.52. The van der Waals surface area contributed by atoms with Gasteiger partial charge >= 0.3 is 0 Å². The van der Waals surface area contributed by atoms with E-state index in [0.29, 0.717) is 12.8 Å². The number of halogens is 2. The molecule has 2 saturated carbocycles. The Hall–Kier alpha value is -0.480. The number of hydrazine groups is 2. The maximum absolute atomic E-state index is 14.5. The molecule has 4 N–H and O–H groups in total. The molecule has 4 atom stereocenters. The highest BCUT2D eigenvalue weighted by molar-refractivity contribution is 7.89. The van der Waals surface area contributed by atoms with Gasteiger partial charge in [0, 0.05) is 13.1 Å². The van der Waals surface area contributed by atoms with Crippen LogP contribution in [0.5, 0.6) is 0 Å². The van der Waals surface area contributed by atoms with E-state index in [4.69, 9.17) is 11.6 Å². The molecule has 0 spiro atoms. The van der Waals surface area contributed by atoms with Crippen molar-refractivity contribution in [3.63, 3.8) is 0 Å². The monoisotopic (exact) mass is 424 g/mol. The number of hydrogen-bond donors (Lipinski definition) is 4. The first-order valence-electron chi connectivity index (χ1n) is 9.89. The summed E-state index contributed by atoms with van der Waals surface area (Å²) in [7, 11) is -3.63. The molecular weight excluding hydrogens is 395 g/mol. The molecule has 3 rings (SSSR count). The van der Waals surface area contributed by atoms with Gasteiger partial charge in [0.2, 0.25) is 15.9 Å². The van der Waals surface area contributed by atoms with Gasteiger partial charge in [0.15, 0.2) is 0 Å². The van der Waals surface area contributed by atoms with Crippen molar-refractivity contribution >= 4 is 27.5 Å². The second-order valence-corrected chi connectivity index (χ2v) is 10.5. The standard InChI is InChI=1S/C17H30ClFN4O3S/c18-15-7-12(13-8-20-21-9-13)6-14(16(15)19)17(24)22-23-27(25,26)10-11-4-2-1-3-5-11/h11-16,20-21,23H,1-10H2,(H,22,24). The van der Waals surface area contributed by atoms with Crippen LogP contribution in [0, 0.1) is 23.7 Å². The van der Waals surface area contributed by atoms with Crippen LogP contribution in [0.2, 0.25) is 0 Å². The lowest BCUT2D eigenvalue weighted by Crippen LogP contribution is -2.51. The van der Waals surface area contributed by atoms with E-state index in [1.54, 1.807) is 0 Å². The molecule has 0 aromatic carbocycles. The van der Waals surface area contributed by atoms with Gasteiger partial charge in [-0.25, -0.2) is 12.8 Å². The lowest BCUT2D eigenvalue weighted by atomic mass is 9.74. The van der Waals surface area contributed by atoms with Crippen molar-refractivity contribution in [2.45, 2.75) is 56.5 Å². The molecule has 1 amide bonds. The van der Waals surface area contributed by atoms with Crippen LogP contribution < -0.4 is 21.1 Å². The second kappa shape index (κ2) is 9.35. The molecule has 3 fully saturated rings. The molecule has 2 aliphatic carbocycles. The van der Waals surface area contributed by atoms with Gasteiger partial charge < -0.3 is 0 Å². The fraction of sp³-hybridized carbons (Fsp3) is 0.941. The summed E-state index contributed by atoms with van der Waals surface area (Å²) >= 11 is 6.16. The summed E-state index contributed by atoms with van der Waals surface area (Å²) in [6, 6.07) is 0. The van der Waals surface area contributed by atoms with Gasteiger partial charge in [-0.05, 0) is 43.4 Å². The number of amides is 1. The van der Waals surface area contributed by atoms with E-state index in [2.05, 4.69) is 21.1 Å². The third kappa shape index (κ3) is 5.76. The van der Waals surface area contributed by atoms with Crippen molar-refractivity contribution in [1.82, 2.24) is 21.1 Å². The second-order valence-electron chi connectivity index (χ2n) is 8.20. The van der Waals surface area contributed by atoms with Gasteiger partial charge in [-0.1, -0.05) is 19.3 Å². The third-order valence-corrected chi connectivity index (χ3v) is 7.92. The molecule has 1 saturated heterocycles. The number of alkyl halides is 2.